The van der Waals surface area contributed by atoms with Gasteiger partial charge < -0.3 is 5.32 Å². The van der Waals surface area contributed by atoms with Crippen molar-refractivity contribution in [2.75, 3.05) is 11.1 Å². The maximum absolute atomic E-state index is 12.9. The van der Waals surface area contributed by atoms with E-state index in [0.29, 0.717) is 0 Å². The average Bonchev–Trinajstić information content (AvgIpc) is 2.60. The topological polar surface area (TPSA) is 113 Å². The van der Waals surface area contributed by atoms with Gasteiger partial charge in [-0.3, -0.25) is 4.79 Å². The van der Waals surface area contributed by atoms with Gasteiger partial charge in [-0.15, -0.1) is 0 Å². The highest BCUT2D eigenvalue weighted by molar-refractivity contribution is 7.91. The first-order valence-electron chi connectivity index (χ1n) is 7.57. The summed E-state index contributed by atoms with van der Waals surface area (Å²) in [6.07, 6.45) is -4.21. The van der Waals surface area contributed by atoms with Crippen LogP contribution in [0.2, 0.25) is 0 Å². The summed E-state index contributed by atoms with van der Waals surface area (Å²) >= 11 is 0. The highest BCUT2D eigenvalue weighted by atomic mass is 32.2. The molecule has 1 N–H and O–H groups in total. The second kappa shape index (κ2) is 7.89. The number of amides is 1. The summed E-state index contributed by atoms with van der Waals surface area (Å²) in [5.74, 6) is -3.97. The van der Waals surface area contributed by atoms with Crippen molar-refractivity contribution in [3.63, 3.8) is 0 Å². The number of carbonyl (C=O) groups is 1. The molecule has 1 heterocycles. The Morgan fingerprint density at radius 1 is 1.29 bits per heavy atom. The number of anilines is 1. The van der Waals surface area contributed by atoms with Gasteiger partial charge in [-0.25, -0.2) is 22.8 Å². The summed E-state index contributed by atoms with van der Waals surface area (Å²) in [4.78, 5) is 18.4. The molecule has 0 saturated carbocycles. The smallest absolute Gasteiger partial charge is 0.309 e. The van der Waals surface area contributed by atoms with Gasteiger partial charge in [0, 0.05) is 5.92 Å². The van der Waals surface area contributed by atoms with Gasteiger partial charge in [0.1, 0.15) is 11.9 Å². The summed E-state index contributed by atoms with van der Waals surface area (Å²) < 4.78 is 76.1. The van der Waals surface area contributed by atoms with Crippen LogP contribution in [0.1, 0.15) is 18.3 Å². The molecule has 1 aromatic heterocycles. The minimum absolute atomic E-state index is 0.203. The molecular formula is C16H12F4N4O3S. The number of hydrogen-bond acceptors (Lipinski definition) is 6. The van der Waals surface area contributed by atoms with E-state index in [-0.39, 0.29) is 4.90 Å². The number of aromatic nitrogens is 2. The summed E-state index contributed by atoms with van der Waals surface area (Å²) in [5, 5.41) is 10.7. The lowest BCUT2D eigenvalue weighted by molar-refractivity contribution is -0.141. The van der Waals surface area contributed by atoms with Crippen molar-refractivity contribution in [3.8, 4) is 6.07 Å². The van der Waals surface area contributed by atoms with E-state index in [4.69, 9.17) is 5.26 Å². The Bertz CT molecular complexity index is 1030. The first-order chi connectivity index (χ1) is 12.9. The molecule has 7 nitrogen and oxygen atoms in total. The Kier molecular flexibility index (Phi) is 5.98. The number of carbonyl (C=O) groups excluding carboxylic acids is 1. The molecule has 0 radical (unpaired) electrons. The zero-order chi connectivity index (χ0) is 21.1. The Labute approximate surface area is 157 Å². The SMILES string of the molecule is CC(CS(=O)(=O)c1ccc(F)cc1)C(=O)Nc1cnc(C#N)c(C(F)(F)F)n1. The molecular weight excluding hydrogens is 404 g/mol. The summed E-state index contributed by atoms with van der Waals surface area (Å²) in [7, 11) is -3.94. The van der Waals surface area contributed by atoms with Crippen molar-refractivity contribution in [1.82, 2.24) is 9.97 Å². The zero-order valence-corrected chi connectivity index (χ0v) is 15.0. The fourth-order valence-electron chi connectivity index (χ4n) is 2.12. The predicted octanol–water partition coefficient (Wildman–Crippen LogP) is 2.55. The van der Waals surface area contributed by atoms with Crippen molar-refractivity contribution >= 4 is 21.6 Å². The first kappa shape index (κ1) is 21.2. The van der Waals surface area contributed by atoms with Crippen LogP contribution in [0.15, 0.2) is 35.4 Å². The van der Waals surface area contributed by atoms with E-state index in [9.17, 15) is 30.8 Å². The van der Waals surface area contributed by atoms with Crippen molar-refractivity contribution in [2.45, 2.75) is 18.0 Å². The van der Waals surface area contributed by atoms with Crippen molar-refractivity contribution in [1.29, 1.82) is 5.26 Å². The van der Waals surface area contributed by atoms with Crippen molar-refractivity contribution in [2.24, 2.45) is 5.92 Å². The number of rotatable bonds is 5. The summed E-state index contributed by atoms with van der Waals surface area (Å²) in [6, 6.07) is 5.22. The molecule has 28 heavy (non-hydrogen) atoms. The summed E-state index contributed by atoms with van der Waals surface area (Å²) in [6.45, 7) is 1.25. The van der Waals surface area contributed by atoms with E-state index in [1.807, 2.05) is 5.32 Å². The fraction of sp³-hybridized carbons (Fsp3) is 0.250. The monoisotopic (exact) mass is 416 g/mol. The molecule has 1 unspecified atom stereocenters. The maximum Gasteiger partial charge on any atom is 0.436 e. The van der Waals surface area contributed by atoms with Crippen LogP contribution in [0.5, 0.6) is 0 Å². The third-order valence-electron chi connectivity index (χ3n) is 3.49. The third kappa shape index (κ3) is 5.01. The van der Waals surface area contributed by atoms with E-state index < -0.39 is 56.6 Å². The Morgan fingerprint density at radius 3 is 2.43 bits per heavy atom. The van der Waals surface area contributed by atoms with Gasteiger partial charge in [0.25, 0.3) is 0 Å². The van der Waals surface area contributed by atoms with E-state index in [1.165, 1.54) is 13.0 Å². The Hall–Kier alpha value is -3.07. The minimum atomic E-state index is -4.96. The second-order valence-corrected chi connectivity index (χ2v) is 7.72. The lowest BCUT2D eigenvalue weighted by Crippen LogP contribution is -2.28. The molecule has 0 bridgehead atoms. The molecule has 0 aliphatic heterocycles. The van der Waals surface area contributed by atoms with Crippen LogP contribution in [-0.4, -0.2) is 30.0 Å². The normalized spacial score (nSPS) is 12.9. The Balaban J connectivity index is 2.16. The molecule has 0 aliphatic rings. The van der Waals surface area contributed by atoms with Crippen LogP contribution in [0.4, 0.5) is 23.4 Å². The number of benzene rings is 1. The number of nitriles is 1. The molecule has 0 aliphatic carbocycles. The van der Waals surface area contributed by atoms with Crippen LogP contribution in [0.3, 0.4) is 0 Å². The minimum Gasteiger partial charge on any atom is -0.309 e. The number of hydrogen-bond donors (Lipinski definition) is 1. The van der Waals surface area contributed by atoms with Gasteiger partial charge in [0.15, 0.2) is 27.0 Å². The van der Waals surface area contributed by atoms with Gasteiger partial charge in [-0.05, 0) is 24.3 Å². The molecule has 0 saturated heterocycles. The molecule has 2 aromatic rings. The van der Waals surface area contributed by atoms with E-state index in [1.54, 1.807) is 0 Å². The van der Waals surface area contributed by atoms with Crippen molar-refractivity contribution in [3.05, 3.63) is 47.7 Å². The average molecular weight is 416 g/mol. The largest absolute Gasteiger partial charge is 0.436 e. The molecule has 2 rings (SSSR count). The highest BCUT2D eigenvalue weighted by Crippen LogP contribution is 2.30. The molecule has 12 heteroatoms. The standard InChI is InChI=1S/C16H12F4N4O3S/c1-9(8-28(26,27)11-4-2-10(17)3-5-11)15(25)24-13-7-22-12(6-21)14(23-13)16(18,19)20/h2-5,7,9H,8H2,1H3,(H,23,24,25). The van der Waals surface area contributed by atoms with Crippen LogP contribution in [-0.2, 0) is 20.8 Å². The predicted molar refractivity (Wildman–Crippen MR) is 88.0 cm³/mol. The lowest BCUT2D eigenvalue weighted by atomic mass is 10.2. The van der Waals surface area contributed by atoms with Crippen LogP contribution in [0.25, 0.3) is 0 Å². The quantitative estimate of drug-likeness (QED) is 0.592. The van der Waals surface area contributed by atoms with Crippen molar-refractivity contribution < 1.29 is 30.8 Å². The fourth-order valence-corrected chi connectivity index (χ4v) is 3.67. The second-order valence-electron chi connectivity index (χ2n) is 5.69. The Morgan fingerprint density at radius 2 is 1.89 bits per heavy atom. The molecule has 148 valence electrons. The number of sulfone groups is 1. The van der Waals surface area contributed by atoms with E-state index in [2.05, 4.69) is 9.97 Å². The number of nitrogens with one attached hydrogen (secondary N) is 1. The van der Waals surface area contributed by atoms with Gasteiger partial charge in [0.05, 0.1) is 16.8 Å². The molecule has 1 aromatic carbocycles. The third-order valence-corrected chi connectivity index (χ3v) is 5.42. The van der Waals surface area contributed by atoms with E-state index >= 15 is 0 Å². The summed E-state index contributed by atoms with van der Waals surface area (Å²) in [5.41, 5.74) is -2.53. The molecule has 0 spiro atoms. The molecule has 0 fully saturated rings. The number of alkyl halides is 3. The van der Waals surface area contributed by atoms with E-state index in [0.717, 1.165) is 30.5 Å². The number of nitrogens with zero attached hydrogens (tertiary/aromatic N) is 3. The highest BCUT2D eigenvalue weighted by Gasteiger charge is 2.37. The van der Waals surface area contributed by atoms with Gasteiger partial charge in [0.2, 0.25) is 5.91 Å². The maximum atomic E-state index is 12.9. The van der Waals surface area contributed by atoms with Gasteiger partial charge >= 0.3 is 6.18 Å². The lowest BCUT2D eigenvalue weighted by Gasteiger charge is -2.13. The first-order valence-corrected chi connectivity index (χ1v) is 9.23. The van der Waals surface area contributed by atoms with Gasteiger partial charge in [-0.2, -0.15) is 18.4 Å². The van der Waals surface area contributed by atoms with Crippen LogP contribution < -0.4 is 5.32 Å². The molecule has 1 amide bonds. The van der Waals surface area contributed by atoms with Crippen LogP contribution in [0, 0.1) is 23.1 Å². The molecule has 1 atom stereocenters. The zero-order valence-electron chi connectivity index (χ0n) is 14.2. The number of halogens is 4. The van der Waals surface area contributed by atoms with Crippen LogP contribution >= 0.6 is 0 Å². The van der Waals surface area contributed by atoms with Gasteiger partial charge in [-0.1, -0.05) is 6.92 Å².